The molecule has 0 spiro atoms. The maximum absolute atomic E-state index is 13.6. The molecule has 0 fully saturated rings. The van der Waals surface area contributed by atoms with E-state index in [0.717, 1.165) is 30.6 Å². The van der Waals surface area contributed by atoms with E-state index < -0.39 is 59.5 Å². The van der Waals surface area contributed by atoms with Crippen molar-refractivity contribution in [2.75, 3.05) is 45.5 Å². The molecule has 3 heterocycles. The third-order valence-electron chi connectivity index (χ3n) is 9.63. The predicted octanol–water partition coefficient (Wildman–Crippen LogP) is 7.72. The Morgan fingerprint density at radius 2 is 1.43 bits per heavy atom. The molecule has 61 heavy (non-hydrogen) atoms. The first-order valence-electron chi connectivity index (χ1n) is 19.4. The summed E-state index contributed by atoms with van der Waals surface area (Å²) in [7, 11) is 2.80. The number of hydrogen-bond acceptors (Lipinski definition) is 11. The van der Waals surface area contributed by atoms with Crippen molar-refractivity contribution in [3.8, 4) is 11.6 Å². The zero-order valence-corrected chi connectivity index (χ0v) is 34.0. The molecule has 0 saturated heterocycles. The van der Waals surface area contributed by atoms with E-state index >= 15 is 0 Å². The maximum atomic E-state index is 13.6. The summed E-state index contributed by atoms with van der Waals surface area (Å²) in [5.41, 5.74) is 2.34. The van der Waals surface area contributed by atoms with Crippen LogP contribution in [-0.2, 0) is 44.3 Å². The first-order valence-corrected chi connectivity index (χ1v) is 19.4. The van der Waals surface area contributed by atoms with Crippen LogP contribution >= 0.6 is 0 Å². The maximum Gasteiger partial charge on any atom is 0.416 e. The highest BCUT2D eigenvalue weighted by atomic mass is 19.4. The van der Waals surface area contributed by atoms with Crippen molar-refractivity contribution in [2.24, 2.45) is 5.73 Å². The predicted molar refractivity (Wildman–Crippen MR) is 207 cm³/mol. The van der Waals surface area contributed by atoms with Gasteiger partial charge in [-0.05, 0) is 61.9 Å². The average Bonchev–Trinajstić information content (AvgIpc) is 3.19. The summed E-state index contributed by atoms with van der Waals surface area (Å²) in [6.07, 6.45) is -5.21. The van der Waals surface area contributed by atoms with Gasteiger partial charge in [-0.25, -0.2) is 19.7 Å². The van der Waals surface area contributed by atoms with E-state index in [1.807, 2.05) is 0 Å². The molecule has 2 atom stereocenters. The van der Waals surface area contributed by atoms with Crippen molar-refractivity contribution in [3.63, 3.8) is 0 Å². The average molecular weight is 876 g/mol. The van der Waals surface area contributed by atoms with E-state index in [1.54, 1.807) is 6.92 Å². The Labute approximate surface area is 348 Å². The molecule has 0 saturated carbocycles. The zero-order chi connectivity index (χ0) is 45.4. The van der Waals surface area contributed by atoms with Gasteiger partial charge in [0, 0.05) is 52.1 Å². The Balaban J connectivity index is 0.000000493. The number of aliphatic carboxylic acids is 2. The number of nitrogens with zero attached hydrogens (tertiary/aromatic N) is 4. The Hall–Kier alpha value is -5.28. The number of ether oxygens (including phenoxy) is 4. The normalized spacial score (nSPS) is 16.3. The number of alkyl halides is 6. The fraction of sp³-hybridized carbons (Fsp3) is 0.550. The smallest absolute Gasteiger partial charge is 0.416 e. The highest BCUT2D eigenvalue weighted by Crippen LogP contribution is 2.44. The summed E-state index contributed by atoms with van der Waals surface area (Å²) in [6.45, 7) is 3.09. The minimum Gasteiger partial charge on any atom is -0.488 e. The fourth-order valence-electron chi connectivity index (χ4n) is 6.49. The van der Waals surface area contributed by atoms with Crippen LogP contribution in [0, 0.1) is 0 Å². The highest BCUT2D eigenvalue weighted by molar-refractivity contribution is 5.89. The van der Waals surface area contributed by atoms with Crippen LogP contribution in [0.25, 0.3) is 0 Å². The van der Waals surface area contributed by atoms with Crippen molar-refractivity contribution in [2.45, 2.75) is 101 Å². The van der Waals surface area contributed by atoms with Gasteiger partial charge in [0.2, 0.25) is 5.88 Å². The van der Waals surface area contributed by atoms with Crippen LogP contribution in [-0.4, -0.2) is 94.6 Å². The summed E-state index contributed by atoms with van der Waals surface area (Å²) in [5.74, 6) is -2.24. The van der Waals surface area contributed by atoms with E-state index in [2.05, 4.69) is 15.0 Å². The van der Waals surface area contributed by atoms with Gasteiger partial charge in [-0.15, -0.1) is 0 Å². The molecule has 0 radical (unpaired) electrons. The van der Waals surface area contributed by atoms with Crippen molar-refractivity contribution in [3.05, 3.63) is 70.4 Å². The number of anilines is 1. The topological polar surface area (TPSA) is 217 Å². The summed E-state index contributed by atoms with van der Waals surface area (Å²) in [5, 5.41) is 27.0. The number of hydrogen-bond donors (Lipinski definition) is 4. The van der Waals surface area contributed by atoms with Gasteiger partial charge in [-0.3, -0.25) is 14.5 Å². The van der Waals surface area contributed by atoms with Gasteiger partial charge in [-0.2, -0.15) is 26.3 Å². The number of halogens is 6. The number of methoxy groups -OCH3 is 2. The minimum atomic E-state index is -5.05. The van der Waals surface area contributed by atoms with Gasteiger partial charge >= 0.3 is 30.4 Å². The van der Waals surface area contributed by atoms with Crippen molar-refractivity contribution < 1.29 is 75.0 Å². The van der Waals surface area contributed by atoms with E-state index in [1.165, 1.54) is 32.5 Å². The second-order valence-electron chi connectivity index (χ2n) is 14.0. The standard InChI is InChI=1S/C28H29F6N5O5.C12H22O5/c1-4-26(35)18(13-19-21(39(26)25(40)41)5-6-23(37-19)43-3)24-36-14-22(44-8-7-42-2)20(38-24)11-15-9-16(27(29,30)31)12-17(10-15)28(32,33)34;13-11(14)7-3-1-5-9-17-10-6-2-4-8-12(15)16/h5-6,9-10,12,14,18H,4,7-8,11,13,35H2,1-3H3,(H,40,41);1-10H2,(H,13,14)(H,15,16). The molecule has 3 aromatic rings. The lowest BCUT2D eigenvalue weighted by atomic mass is 9.80. The van der Waals surface area contributed by atoms with E-state index in [4.69, 9.17) is 34.9 Å². The van der Waals surface area contributed by atoms with Crippen LogP contribution in [0.3, 0.4) is 0 Å². The van der Waals surface area contributed by atoms with Crippen LogP contribution in [0.4, 0.5) is 36.8 Å². The number of carbonyl (C=O) groups is 3. The van der Waals surface area contributed by atoms with E-state index in [9.17, 15) is 45.8 Å². The Morgan fingerprint density at radius 1 is 0.836 bits per heavy atom. The van der Waals surface area contributed by atoms with Crippen LogP contribution < -0.4 is 20.1 Å². The lowest BCUT2D eigenvalue weighted by molar-refractivity contribution is -0.143. The highest BCUT2D eigenvalue weighted by Gasteiger charge is 2.50. The number of unbranched alkanes of at least 4 members (excludes halogenated alkanes) is 4. The first kappa shape index (κ1) is 50.1. The van der Waals surface area contributed by atoms with Crippen molar-refractivity contribution in [1.82, 2.24) is 15.0 Å². The van der Waals surface area contributed by atoms with Gasteiger partial charge in [0.05, 0.1) is 54.0 Å². The molecule has 2 aromatic heterocycles. The van der Waals surface area contributed by atoms with Gasteiger partial charge in [0.15, 0.2) is 5.75 Å². The second kappa shape index (κ2) is 23.1. The van der Waals surface area contributed by atoms with Crippen molar-refractivity contribution in [1.29, 1.82) is 0 Å². The SMILES string of the molecule is CCC1(N)C(c2ncc(OCCOC)c(Cc3cc(C(F)(F)F)cc(C(F)(F)F)c3)n2)Cc2nc(OC)ccc2N1C(=O)O.O=C(O)CCCCCOCCCCCC(=O)O. The largest absolute Gasteiger partial charge is 0.488 e. The van der Waals surface area contributed by atoms with Gasteiger partial charge in [-0.1, -0.05) is 19.8 Å². The van der Waals surface area contributed by atoms with Crippen LogP contribution in [0.2, 0.25) is 0 Å². The van der Waals surface area contributed by atoms with Crippen LogP contribution in [0.1, 0.15) is 105 Å². The van der Waals surface area contributed by atoms with Crippen LogP contribution in [0.5, 0.6) is 11.6 Å². The summed E-state index contributed by atoms with van der Waals surface area (Å²) in [4.78, 5) is 47.1. The number of carboxylic acids is 2. The molecule has 1 aliphatic heterocycles. The zero-order valence-electron chi connectivity index (χ0n) is 34.0. The number of benzene rings is 1. The fourth-order valence-corrected chi connectivity index (χ4v) is 6.49. The van der Waals surface area contributed by atoms with E-state index in [-0.39, 0.29) is 79.4 Å². The molecule has 2 unspecified atom stereocenters. The molecular formula is C40H51F6N5O10. The number of fused-ring (bicyclic) bond motifs is 1. The van der Waals surface area contributed by atoms with Crippen molar-refractivity contribution >= 4 is 23.7 Å². The van der Waals surface area contributed by atoms with Crippen LogP contribution in [0.15, 0.2) is 36.5 Å². The molecule has 338 valence electrons. The lowest BCUT2D eigenvalue weighted by Gasteiger charge is -2.47. The number of aromatic nitrogens is 3. The molecule has 21 heteroatoms. The molecule has 0 aliphatic carbocycles. The summed E-state index contributed by atoms with van der Waals surface area (Å²) < 4.78 is 102. The lowest BCUT2D eigenvalue weighted by Crippen LogP contribution is -2.64. The Bertz CT molecular complexity index is 1860. The third kappa shape index (κ3) is 15.0. The van der Waals surface area contributed by atoms with Gasteiger partial charge < -0.3 is 40.0 Å². The Morgan fingerprint density at radius 3 is 1.92 bits per heavy atom. The molecule has 1 amide bonds. The van der Waals surface area contributed by atoms with Gasteiger partial charge in [0.1, 0.15) is 18.1 Å². The minimum absolute atomic E-state index is 0.00650. The Kier molecular flexibility index (Phi) is 18.9. The number of nitrogens with two attached hydrogens (primary N) is 1. The molecule has 5 N–H and O–H groups in total. The summed E-state index contributed by atoms with van der Waals surface area (Å²) in [6, 6.07) is 4.24. The molecule has 4 rings (SSSR count). The molecule has 0 bridgehead atoms. The molecule has 1 aromatic carbocycles. The number of amides is 1. The number of pyridine rings is 1. The molecule has 1 aliphatic rings. The monoisotopic (exact) mass is 875 g/mol. The molecule has 15 nitrogen and oxygen atoms in total. The van der Waals surface area contributed by atoms with Gasteiger partial charge in [0.25, 0.3) is 0 Å². The second-order valence-corrected chi connectivity index (χ2v) is 14.0. The quantitative estimate of drug-likeness (QED) is 0.0596. The van der Waals surface area contributed by atoms with E-state index in [0.29, 0.717) is 43.9 Å². The summed E-state index contributed by atoms with van der Waals surface area (Å²) >= 11 is 0. The molecular weight excluding hydrogens is 824 g/mol. The third-order valence-corrected chi connectivity index (χ3v) is 9.63. The first-order chi connectivity index (χ1) is 28.7. The number of carboxylic acid groups (broad SMARTS) is 3. The number of rotatable bonds is 21.